The molecular weight excluding hydrogens is 502 g/mol. The molecule has 0 atom stereocenters. The van der Waals surface area contributed by atoms with Crippen LogP contribution >= 0.6 is 0 Å². The van der Waals surface area contributed by atoms with Crippen LogP contribution in [0.3, 0.4) is 0 Å². The van der Waals surface area contributed by atoms with Crippen molar-refractivity contribution in [1.82, 2.24) is 19.9 Å². The molecule has 2 aromatic rings. The average molecular weight is 560 g/mol. The van der Waals surface area contributed by atoms with Crippen molar-refractivity contribution in [1.29, 1.82) is 0 Å². The number of carbonyl (C=O) groups excluding carboxylic acids is 1. The molecule has 0 radical (unpaired) electrons. The summed E-state index contributed by atoms with van der Waals surface area (Å²) in [6.45, 7) is 29.5. The van der Waals surface area contributed by atoms with Gasteiger partial charge in [-0.3, -0.25) is 19.6 Å². The van der Waals surface area contributed by atoms with Crippen molar-refractivity contribution in [2.45, 2.75) is 95.4 Å². The van der Waals surface area contributed by atoms with Gasteiger partial charge in [0.15, 0.2) is 17.9 Å². The van der Waals surface area contributed by atoms with E-state index in [9.17, 15) is 9.59 Å². The van der Waals surface area contributed by atoms with E-state index in [4.69, 9.17) is 11.5 Å². The zero-order valence-corrected chi connectivity index (χ0v) is 27.3. The van der Waals surface area contributed by atoms with Crippen LogP contribution in [0.4, 0.5) is 11.6 Å². The molecule has 0 aliphatic carbocycles. The van der Waals surface area contributed by atoms with Gasteiger partial charge in [0.1, 0.15) is 5.69 Å². The summed E-state index contributed by atoms with van der Waals surface area (Å²) < 4.78 is 0. The molecule has 9 heteroatoms. The molecule has 0 spiro atoms. The molecule has 40 heavy (non-hydrogen) atoms. The Morgan fingerprint density at radius 1 is 1.10 bits per heavy atom. The number of rotatable bonds is 9. The van der Waals surface area contributed by atoms with Gasteiger partial charge >= 0.3 is 0 Å². The second-order valence-corrected chi connectivity index (χ2v) is 9.02. The monoisotopic (exact) mass is 559 g/mol. The van der Waals surface area contributed by atoms with E-state index < -0.39 is 5.56 Å². The Labute approximate surface area is 243 Å². The molecule has 5 N–H and O–H groups in total. The zero-order chi connectivity index (χ0) is 31.9. The summed E-state index contributed by atoms with van der Waals surface area (Å²) in [6, 6.07) is 4.17. The number of aldehydes is 1. The van der Waals surface area contributed by atoms with Crippen LogP contribution in [0.15, 0.2) is 34.7 Å². The Kier molecular flexibility index (Phi) is 24.0. The number of aromatic nitrogens is 3. The molecule has 0 amide bonds. The first-order valence-electron chi connectivity index (χ1n) is 14.2. The number of anilines is 2. The number of aromatic amines is 1. The van der Waals surface area contributed by atoms with Crippen molar-refractivity contribution in [3.63, 3.8) is 0 Å². The molecule has 0 saturated carbocycles. The second-order valence-electron chi connectivity index (χ2n) is 9.02. The molecule has 2 heterocycles. The lowest BCUT2D eigenvalue weighted by Gasteiger charge is -2.32. The highest BCUT2D eigenvalue weighted by atomic mass is 16.1. The van der Waals surface area contributed by atoms with E-state index in [0.717, 1.165) is 35.8 Å². The summed E-state index contributed by atoms with van der Waals surface area (Å²) in [6.07, 6.45) is 6.02. The second kappa shape index (κ2) is 23.4. The first kappa shape index (κ1) is 41.0. The zero-order valence-electron chi connectivity index (χ0n) is 27.3. The standard InChI is InChI=1S/C18H30N2.C5H6N4O2.C4H9N.2C2H6/c1-7-18(6,8-2)12-13-20(9-3)16(5)17-11-10-15(4)19-14-17;6-3-2(1-10)8-5(11)4(7)9-3;1-4(2)5-3;2*1-2/h10-11,14H,5,7-9,12-13H2,1-4,6H3;1H,(H,8,11)(H4,6,7,9);1-3H3;2*1-2H3. The molecule has 0 aromatic carbocycles. The van der Waals surface area contributed by atoms with Crippen LogP contribution in [0.1, 0.15) is 110 Å². The molecule has 2 aromatic heterocycles. The van der Waals surface area contributed by atoms with E-state index in [1.807, 2.05) is 54.7 Å². The molecular formula is C31H57N7O2. The van der Waals surface area contributed by atoms with E-state index in [-0.39, 0.29) is 17.3 Å². The highest BCUT2D eigenvalue weighted by molar-refractivity contribution is 5.79. The first-order chi connectivity index (χ1) is 18.9. The highest BCUT2D eigenvalue weighted by Gasteiger charge is 2.21. The normalized spacial score (nSPS) is 9.50. The summed E-state index contributed by atoms with van der Waals surface area (Å²) in [4.78, 5) is 37.0. The Morgan fingerprint density at radius 3 is 2.00 bits per heavy atom. The number of aryl methyl sites for hydroxylation is 1. The van der Waals surface area contributed by atoms with Gasteiger partial charge < -0.3 is 21.4 Å². The lowest BCUT2D eigenvalue weighted by Crippen LogP contribution is -2.27. The minimum Gasteiger partial charge on any atom is -0.382 e. The van der Waals surface area contributed by atoms with Crippen LogP contribution in [0.2, 0.25) is 0 Å². The number of hydrogen-bond acceptors (Lipinski definition) is 8. The van der Waals surface area contributed by atoms with Gasteiger partial charge in [-0.1, -0.05) is 67.9 Å². The van der Waals surface area contributed by atoms with Gasteiger partial charge in [0, 0.05) is 49.0 Å². The van der Waals surface area contributed by atoms with Crippen LogP contribution in [0.25, 0.3) is 5.70 Å². The number of hydrogen-bond donors (Lipinski definition) is 3. The molecule has 0 saturated heterocycles. The average Bonchev–Trinajstić information content (AvgIpc) is 2.98. The first-order valence-corrected chi connectivity index (χ1v) is 14.2. The fraction of sp³-hybridized carbons (Fsp3) is 0.581. The van der Waals surface area contributed by atoms with Crippen molar-refractivity contribution in [2.24, 2.45) is 10.4 Å². The Hall–Kier alpha value is -3.49. The largest absolute Gasteiger partial charge is 0.382 e. The molecule has 0 aliphatic heterocycles. The number of nitrogens with zero attached hydrogens (tertiary/aromatic N) is 4. The quantitative estimate of drug-likeness (QED) is 0.226. The summed E-state index contributed by atoms with van der Waals surface area (Å²) in [5.74, 6) is -0.315. The van der Waals surface area contributed by atoms with Crippen LogP contribution in [0, 0.1) is 12.3 Å². The van der Waals surface area contributed by atoms with Gasteiger partial charge in [0.25, 0.3) is 5.56 Å². The van der Waals surface area contributed by atoms with Crippen LogP contribution in [-0.4, -0.2) is 52.0 Å². The van der Waals surface area contributed by atoms with Crippen LogP contribution < -0.4 is 17.0 Å². The predicted octanol–water partition coefficient (Wildman–Crippen LogP) is 6.80. The third-order valence-corrected chi connectivity index (χ3v) is 6.26. The molecule has 228 valence electrons. The number of nitrogen functional groups attached to an aromatic ring is 2. The Bertz CT molecular complexity index is 1040. The summed E-state index contributed by atoms with van der Waals surface area (Å²) in [5, 5.41) is 0. The van der Waals surface area contributed by atoms with Gasteiger partial charge in [-0.15, -0.1) is 0 Å². The van der Waals surface area contributed by atoms with Gasteiger partial charge in [-0.2, -0.15) is 0 Å². The number of pyridine rings is 1. The van der Waals surface area contributed by atoms with E-state index in [0.29, 0.717) is 11.7 Å². The number of H-pyrrole nitrogens is 1. The third-order valence-electron chi connectivity index (χ3n) is 6.26. The fourth-order valence-corrected chi connectivity index (χ4v) is 2.89. The van der Waals surface area contributed by atoms with Crippen molar-refractivity contribution in [3.05, 3.63) is 52.2 Å². The maximum Gasteiger partial charge on any atom is 0.291 e. The highest BCUT2D eigenvalue weighted by Crippen LogP contribution is 2.30. The van der Waals surface area contributed by atoms with Gasteiger partial charge in [-0.05, 0) is 51.7 Å². The fourth-order valence-electron chi connectivity index (χ4n) is 2.89. The van der Waals surface area contributed by atoms with Crippen molar-refractivity contribution in [3.8, 4) is 0 Å². The third kappa shape index (κ3) is 16.5. The van der Waals surface area contributed by atoms with Gasteiger partial charge in [-0.25, -0.2) is 4.98 Å². The molecule has 0 unspecified atom stereocenters. The van der Waals surface area contributed by atoms with Crippen molar-refractivity contribution >= 4 is 29.3 Å². The number of nitrogens with one attached hydrogen (secondary N) is 1. The lowest BCUT2D eigenvalue weighted by molar-refractivity contribution is 0.111. The molecule has 0 aliphatic rings. The number of carbonyl (C=O) groups is 1. The summed E-state index contributed by atoms with van der Waals surface area (Å²) in [5.41, 5.74) is 14.5. The topological polar surface area (TPSA) is 143 Å². The minimum atomic E-state index is -0.610. The molecule has 0 fully saturated rings. The van der Waals surface area contributed by atoms with E-state index >= 15 is 0 Å². The number of nitrogens with two attached hydrogens (primary N) is 2. The summed E-state index contributed by atoms with van der Waals surface area (Å²) >= 11 is 0. The van der Waals surface area contributed by atoms with Crippen LogP contribution in [0.5, 0.6) is 0 Å². The maximum absolute atomic E-state index is 10.7. The van der Waals surface area contributed by atoms with Gasteiger partial charge in [0.05, 0.1) is 0 Å². The van der Waals surface area contributed by atoms with Gasteiger partial charge in [0.2, 0.25) is 0 Å². The molecule has 9 nitrogen and oxygen atoms in total. The van der Waals surface area contributed by atoms with Crippen LogP contribution in [-0.2, 0) is 0 Å². The molecule has 2 rings (SSSR count). The van der Waals surface area contributed by atoms with E-state index in [1.54, 1.807) is 7.05 Å². The lowest BCUT2D eigenvalue weighted by atomic mass is 9.81. The minimum absolute atomic E-state index is 0.0517. The van der Waals surface area contributed by atoms with E-state index in [2.05, 4.69) is 71.3 Å². The smallest absolute Gasteiger partial charge is 0.291 e. The Balaban J connectivity index is -0.000000572. The Morgan fingerprint density at radius 2 is 1.62 bits per heavy atom. The number of aliphatic imine (C=N–C) groups is 1. The summed E-state index contributed by atoms with van der Waals surface area (Å²) in [7, 11) is 1.79. The SMILES string of the molecule is C=C(c1ccc(C)nc1)N(CC)CCC(C)(CC)CC.CC.CC.CN=C(C)C.Nc1nc(N)c(=O)[nH]c1C=O. The van der Waals surface area contributed by atoms with E-state index in [1.165, 1.54) is 19.3 Å². The van der Waals surface area contributed by atoms with Crippen molar-refractivity contribution < 1.29 is 4.79 Å². The molecule has 0 bridgehead atoms. The predicted molar refractivity (Wildman–Crippen MR) is 175 cm³/mol. The maximum atomic E-state index is 10.7. The van der Waals surface area contributed by atoms with Crippen molar-refractivity contribution in [2.75, 3.05) is 31.6 Å².